The lowest BCUT2D eigenvalue weighted by molar-refractivity contribution is 0.396. The highest BCUT2D eigenvalue weighted by Gasteiger charge is 2.10. The van der Waals surface area contributed by atoms with Gasteiger partial charge in [-0.3, -0.25) is 4.79 Å². The van der Waals surface area contributed by atoms with Crippen LogP contribution in [0.15, 0.2) is 29.2 Å². The molecule has 0 saturated carbocycles. The first kappa shape index (κ1) is 11.5. The first-order valence-corrected chi connectivity index (χ1v) is 5.46. The number of hydrogen-bond donors (Lipinski definition) is 0. The van der Waals surface area contributed by atoms with Gasteiger partial charge < -0.3 is 14.0 Å². The average Bonchev–Trinajstić information content (AvgIpc) is 2.38. The Kier molecular flexibility index (Phi) is 3.04. The SMILES string of the molecule is CCn1ccc(=O)c2cc(OC)cc(OC)c21. The molecular formula is C13H15NO3. The fourth-order valence-electron chi connectivity index (χ4n) is 1.93. The fourth-order valence-corrected chi connectivity index (χ4v) is 1.93. The summed E-state index contributed by atoms with van der Waals surface area (Å²) in [6, 6.07) is 5.09. The Morgan fingerprint density at radius 1 is 1.24 bits per heavy atom. The van der Waals surface area contributed by atoms with E-state index >= 15 is 0 Å². The topological polar surface area (TPSA) is 40.5 Å². The first-order valence-electron chi connectivity index (χ1n) is 5.46. The molecule has 0 bridgehead atoms. The van der Waals surface area contributed by atoms with Crippen molar-refractivity contribution in [2.75, 3.05) is 14.2 Å². The third-order valence-corrected chi connectivity index (χ3v) is 2.80. The van der Waals surface area contributed by atoms with Crippen molar-refractivity contribution < 1.29 is 9.47 Å². The van der Waals surface area contributed by atoms with Crippen molar-refractivity contribution in [1.82, 2.24) is 4.57 Å². The van der Waals surface area contributed by atoms with Gasteiger partial charge in [0.1, 0.15) is 11.5 Å². The maximum absolute atomic E-state index is 11.9. The maximum atomic E-state index is 11.9. The number of methoxy groups -OCH3 is 2. The summed E-state index contributed by atoms with van der Waals surface area (Å²) in [5, 5.41) is 0.616. The van der Waals surface area contributed by atoms with Crippen LogP contribution >= 0.6 is 0 Å². The molecule has 2 rings (SSSR count). The molecule has 1 aromatic carbocycles. The van der Waals surface area contributed by atoms with Crippen LogP contribution in [0.5, 0.6) is 11.5 Å². The van der Waals surface area contributed by atoms with Gasteiger partial charge in [0.15, 0.2) is 5.43 Å². The van der Waals surface area contributed by atoms with Crippen LogP contribution in [0.3, 0.4) is 0 Å². The zero-order valence-electron chi connectivity index (χ0n) is 10.2. The summed E-state index contributed by atoms with van der Waals surface area (Å²) in [7, 11) is 3.16. The Hall–Kier alpha value is -1.97. The molecule has 1 heterocycles. The standard InChI is InChI=1S/C13H15NO3/c1-4-14-6-5-11(15)10-7-9(16-2)8-12(17-3)13(10)14/h5-8H,4H2,1-3H3. The average molecular weight is 233 g/mol. The van der Waals surface area contributed by atoms with E-state index < -0.39 is 0 Å². The van der Waals surface area contributed by atoms with Crippen LogP contribution < -0.4 is 14.9 Å². The summed E-state index contributed by atoms with van der Waals surface area (Å²) in [6.45, 7) is 2.80. The van der Waals surface area contributed by atoms with Gasteiger partial charge in [-0.25, -0.2) is 0 Å². The van der Waals surface area contributed by atoms with E-state index in [1.54, 1.807) is 38.6 Å². The lowest BCUT2D eigenvalue weighted by atomic mass is 10.1. The van der Waals surface area contributed by atoms with Gasteiger partial charge in [-0.2, -0.15) is 0 Å². The van der Waals surface area contributed by atoms with Gasteiger partial charge in [-0.1, -0.05) is 0 Å². The monoisotopic (exact) mass is 233 g/mol. The van der Waals surface area contributed by atoms with Crippen molar-refractivity contribution in [3.8, 4) is 11.5 Å². The largest absolute Gasteiger partial charge is 0.497 e. The van der Waals surface area contributed by atoms with Crippen LogP contribution in [-0.2, 0) is 6.54 Å². The van der Waals surface area contributed by atoms with Crippen LogP contribution in [0.25, 0.3) is 10.9 Å². The molecule has 1 aromatic heterocycles. The molecule has 0 saturated heterocycles. The van der Waals surface area contributed by atoms with Gasteiger partial charge in [0.2, 0.25) is 0 Å². The predicted octanol–water partition coefficient (Wildman–Crippen LogP) is 2.04. The minimum atomic E-state index is -0.0260. The molecule has 0 aliphatic carbocycles. The van der Waals surface area contributed by atoms with Gasteiger partial charge >= 0.3 is 0 Å². The molecule has 17 heavy (non-hydrogen) atoms. The summed E-state index contributed by atoms with van der Waals surface area (Å²) in [6.07, 6.45) is 1.78. The molecular weight excluding hydrogens is 218 g/mol. The first-order chi connectivity index (χ1) is 8.21. The number of fused-ring (bicyclic) bond motifs is 1. The molecule has 0 unspecified atom stereocenters. The Labute approximate surface area is 99.4 Å². The van der Waals surface area contributed by atoms with E-state index in [0.717, 1.165) is 12.1 Å². The molecule has 0 amide bonds. The highest BCUT2D eigenvalue weighted by Crippen LogP contribution is 2.29. The van der Waals surface area contributed by atoms with Gasteiger partial charge in [-0.15, -0.1) is 0 Å². The van der Waals surface area contributed by atoms with Crippen molar-refractivity contribution in [3.05, 3.63) is 34.6 Å². The number of hydrogen-bond acceptors (Lipinski definition) is 3. The fraction of sp³-hybridized carbons (Fsp3) is 0.308. The van der Waals surface area contributed by atoms with Crippen LogP contribution in [0.1, 0.15) is 6.92 Å². The smallest absolute Gasteiger partial charge is 0.189 e. The predicted molar refractivity (Wildman–Crippen MR) is 67.0 cm³/mol. The minimum Gasteiger partial charge on any atom is -0.497 e. The van der Waals surface area contributed by atoms with Crippen LogP contribution in [0.2, 0.25) is 0 Å². The minimum absolute atomic E-state index is 0.0260. The van der Waals surface area contributed by atoms with E-state index in [4.69, 9.17) is 9.47 Å². The maximum Gasteiger partial charge on any atom is 0.189 e. The molecule has 0 radical (unpaired) electrons. The van der Waals surface area contributed by atoms with Gasteiger partial charge in [0, 0.05) is 24.9 Å². The molecule has 0 fully saturated rings. The Bertz CT molecular complexity index is 601. The second kappa shape index (κ2) is 4.49. The number of nitrogens with zero attached hydrogens (tertiary/aromatic N) is 1. The van der Waals surface area contributed by atoms with E-state index in [1.165, 1.54) is 0 Å². The summed E-state index contributed by atoms with van der Waals surface area (Å²) in [4.78, 5) is 11.9. The number of benzene rings is 1. The summed E-state index contributed by atoms with van der Waals surface area (Å²) in [5.74, 6) is 1.28. The van der Waals surface area contributed by atoms with Crippen LogP contribution in [0.4, 0.5) is 0 Å². The molecule has 0 atom stereocenters. The zero-order chi connectivity index (χ0) is 12.4. The third kappa shape index (κ3) is 1.86. The molecule has 0 N–H and O–H groups in total. The van der Waals surface area contributed by atoms with Crippen molar-refractivity contribution in [2.24, 2.45) is 0 Å². The van der Waals surface area contributed by atoms with Gasteiger partial charge in [0.25, 0.3) is 0 Å². The van der Waals surface area contributed by atoms with Crippen molar-refractivity contribution in [1.29, 1.82) is 0 Å². The lowest BCUT2D eigenvalue weighted by Crippen LogP contribution is -2.08. The number of ether oxygens (including phenoxy) is 2. The zero-order valence-corrected chi connectivity index (χ0v) is 10.2. The van der Waals surface area contributed by atoms with E-state index in [9.17, 15) is 4.79 Å². The third-order valence-electron chi connectivity index (χ3n) is 2.80. The molecule has 4 nitrogen and oxygen atoms in total. The highest BCUT2D eigenvalue weighted by atomic mass is 16.5. The number of aryl methyl sites for hydroxylation is 1. The second-order valence-electron chi connectivity index (χ2n) is 3.69. The molecule has 0 aliphatic heterocycles. The normalized spacial score (nSPS) is 10.5. The second-order valence-corrected chi connectivity index (χ2v) is 3.69. The van der Waals surface area contributed by atoms with Crippen LogP contribution in [-0.4, -0.2) is 18.8 Å². The highest BCUT2D eigenvalue weighted by molar-refractivity contribution is 5.86. The summed E-state index contributed by atoms with van der Waals surface area (Å²) >= 11 is 0. The quantitative estimate of drug-likeness (QED) is 0.814. The van der Waals surface area contributed by atoms with Gasteiger partial charge in [-0.05, 0) is 13.0 Å². The Morgan fingerprint density at radius 2 is 2.00 bits per heavy atom. The molecule has 4 heteroatoms. The Balaban J connectivity index is 2.92. The number of rotatable bonds is 3. The number of pyridine rings is 1. The Morgan fingerprint density at radius 3 is 2.59 bits per heavy atom. The molecule has 2 aromatic rings. The molecule has 0 aliphatic rings. The van der Waals surface area contributed by atoms with E-state index in [1.807, 2.05) is 11.5 Å². The van der Waals surface area contributed by atoms with E-state index in [-0.39, 0.29) is 5.43 Å². The lowest BCUT2D eigenvalue weighted by Gasteiger charge is -2.13. The van der Waals surface area contributed by atoms with Crippen LogP contribution in [0, 0.1) is 0 Å². The van der Waals surface area contributed by atoms with E-state index in [0.29, 0.717) is 16.9 Å². The number of aromatic nitrogens is 1. The summed E-state index contributed by atoms with van der Waals surface area (Å²) < 4.78 is 12.5. The molecule has 0 spiro atoms. The van der Waals surface area contributed by atoms with Crippen molar-refractivity contribution in [2.45, 2.75) is 13.5 Å². The summed E-state index contributed by atoms with van der Waals surface area (Å²) in [5.41, 5.74) is 0.783. The van der Waals surface area contributed by atoms with Crippen molar-refractivity contribution >= 4 is 10.9 Å². The van der Waals surface area contributed by atoms with Crippen molar-refractivity contribution in [3.63, 3.8) is 0 Å². The van der Waals surface area contributed by atoms with Gasteiger partial charge in [0.05, 0.1) is 25.1 Å². The van der Waals surface area contributed by atoms with E-state index in [2.05, 4.69) is 0 Å². The molecule has 90 valence electrons.